The standard InChI is InChI=1S/C17H11NO4S/c19-11-12-9-10-15(22-12)13-5-1-3-7-16(13)23-17-8-4-2-6-14(17)18(20)21/h1-11H. The summed E-state index contributed by atoms with van der Waals surface area (Å²) in [4.78, 5) is 22.9. The first-order chi connectivity index (χ1) is 11.2. The topological polar surface area (TPSA) is 73.3 Å². The van der Waals surface area contributed by atoms with Crippen LogP contribution in [0, 0.1) is 10.1 Å². The van der Waals surface area contributed by atoms with E-state index in [9.17, 15) is 14.9 Å². The van der Waals surface area contributed by atoms with Gasteiger partial charge in [0.1, 0.15) is 5.76 Å². The lowest BCUT2D eigenvalue weighted by atomic mass is 10.2. The number of carbonyl (C=O) groups excluding carboxylic acids is 1. The number of nitrogens with zero attached hydrogens (tertiary/aromatic N) is 1. The van der Waals surface area contributed by atoms with E-state index in [4.69, 9.17) is 4.42 Å². The van der Waals surface area contributed by atoms with Crippen LogP contribution in [0.4, 0.5) is 5.69 Å². The van der Waals surface area contributed by atoms with E-state index >= 15 is 0 Å². The molecule has 23 heavy (non-hydrogen) atoms. The summed E-state index contributed by atoms with van der Waals surface area (Å²) < 4.78 is 5.46. The molecule has 2 aromatic carbocycles. The van der Waals surface area contributed by atoms with Crippen molar-refractivity contribution in [3.05, 3.63) is 76.5 Å². The van der Waals surface area contributed by atoms with Gasteiger partial charge in [0, 0.05) is 16.5 Å². The van der Waals surface area contributed by atoms with Crippen LogP contribution in [0.15, 0.2) is 74.9 Å². The molecule has 5 nitrogen and oxygen atoms in total. The normalized spacial score (nSPS) is 10.4. The Morgan fingerprint density at radius 1 is 0.957 bits per heavy atom. The largest absolute Gasteiger partial charge is 0.453 e. The third kappa shape index (κ3) is 3.17. The van der Waals surface area contributed by atoms with Gasteiger partial charge in [-0.3, -0.25) is 14.9 Å². The number of para-hydroxylation sites is 1. The van der Waals surface area contributed by atoms with Gasteiger partial charge in [-0.25, -0.2) is 0 Å². The summed E-state index contributed by atoms with van der Waals surface area (Å²) in [5, 5.41) is 11.1. The van der Waals surface area contributed by atoms with E-state index in [-0.39, 0.29) is 11.4 Å². The lowest BCUT2D eigenvalue weighted by Gasteiger charge is -2.07. The highest BCUT2D eigenvalue weighted by molar-refractivity contribution is 7.99. The molecule has 6 heteroatoms. The lowest BCUT2D eigenvalue weighted by molar-refractivity contribution is -0.387. The maximum absolute atomic E-state index is 11.1. The average molecular weight is 325 g/mol. The molecule has 0 saturated heterocycles. The fourth-order valence-electron chi connectivity index (χ4n) is 2.13. The van der Waals surface area contributed by atoms with Gasteiger partial charge in [-0.1, -0.05) is 42.1 Å². The number of rotatable bonds is 5. The molecule has 0 fully saturated rings. The van der Waals surface area contributed by atoms with Crippen LogP contribution < -0.4 is 0 Å². The number of hydrogen-bond acceptors (Lipinski definition) is 5. The molecule has 0 bridgehead atoms. The molecule has 0 unspecified atom stereocenters. The fraction of sp³-hybridized carbons (Fsp3) is 0. The molecule has 0 atom stereocenters. The Morgan fingerprint density at radius 2 is 1.65 bits per heavy atom. The van der Waals surface area contributed by atoms with Gasteiger partial charge in [-0.05, 0) is 24.3 Å². The van der Waals surface area contributed by atoms with E-state index in [1.165, 1.54) is 17.8 Å². The van der Waals surface area contributed by atoms with Gasteiger partial charge in [0.25, 0.3) is 5.69 Å². The van der Waals surface area contributed by atoms with Gasteiger partial charge < -0.3 is 4.42 Å². The van der Waals surface area contributed by atoms with E-state index in [2.05, 4.69) is 0 Å². The predicted octanol–water partition coefficient (Wildman–Crippen LogP) is 4.82. The smallest absolute Gasteiger partial charge is 0.283 e. The SMILES string of the molecule is O=Cc1ccc(-c2ccccc2Sc2ccccc2[N+](=O)[O-])o1. The maximum atomic E-state index is 11.1. The van der Waals surface area contributed by atoms with Gasteiger partial charge in [0.15, 0.2) is 12.0 Å². The molecule has 0 N–H and O–H groups in total. The third-order valence-electron chi connectivity index (χ3n) is 3.18. The molecule has 0 radical (unpaired) electrons. The summed E-state index contributed by atoms with van der Waals surface area (Å²) in [6.07, 6.45) is 0.640. The van der Waals surface area contributed by atoms with E-state index < -0.39 is 4.92 Å². The van der Waals surface area contributed by atoms with E-state index in [1.807, 2.05) is 24.3 Å². The minimum Gasteiger partial charge on any atom is -0.453 e. The molecule has 3 rings (SSSR count). The highest BCUT2D eigenvalue weighted by Gasteiger charge is 2.16. The Kier molecular flexibility index (Phi) is 4.25. The van der Waals surface area contributed by atoms with Crippen molar-refractivity contribution in [1.29, 1.82) is 0 Å². The van der Waals surface area contributed by atoms with Crippen molar-refractivity contribution in [3.63, 3.8) is 0 Å². The predicted molar refractivity (Wildman–Crippen MR) is 86.8 cm³/mol. The number of carbonyl (C=O) groups is 1. The Balaban J connectivity index is 2.02. The minimum atomic E-state index is -0.400. The molecular formula is C17H11NO4S. The second-order valence-electron chi connectivity index (χ2n) is 4.64. The van der Waals surface area contributed by atoms with Crippen molar-refractivity contribution in [2.45, 2.75) is 9.79 Å². The zero-order valence-electron chi connectivity index (χ0n) is 11.8. The van der Waals surface area contributed by atoms with Crippen molar-refractivity contribution in [1.82, 2.24) is 0 Å². The fourth-order valence-corrected chi connectivity index (χ4v) is 3.19. The quantitative estimate of drug-likeness (QED) is 0.382. The molecule has 0 saturated carbocycles. The first-order valence-corrected chi connectivity index (χ1v) is 7.56. The van der Waals surface area contributed by atoms with E-state index in [1.54, 1.807) is 30.3 Å². The highest BCUT2D eigenvalue weighted by Crippen LogP contribution is 2.39. The molecule has 3 aromatic rings. The van der Waals surface area contributed by atoms with Crippen molar-refractivity contribution in [2.24, 2.45) is 0 Å². The average Bonchev–Trinajstić information content (AvgIpc) is 3.04. The third-order valence-corrected chi connectivity index (χ3v) is 4.32. The molecule has 0 spiro atoms. The Bertz CT molecular complexity index is 872. The molecule has 0 amide bonds. The number of nitro groups is 1. The number of nitro benzene ring substituents is 1. The lowest BCUT2D eigenvalue weighted by Crippen LogP contribution is -1.90. The highest BCUT2D eigenvalue weighted by atomic mass is 32.2. The van der Waals surface area contributed by atoms with Crippen molar-refractivity contribution >= 4 is 23.7 Å². The summed E-state index contributed by atoms with van der Waals surface area (Å²) in [5.41, 5.74) is 0.837. The second kappa shape index (κ2) is 6.50. The monoisotopic (exact) mass is 325 g/mol. The summed E-state index contributed by atoms with van der Waals surface area (Å²) in [5.74, 6) is 0.791. The number of benzene rings is 2. The van der Waals surface area contributed by atoms with Crippen LogP contribution in [-0.2, 0) is 0 Å². The van der Waals surface area contributed by atoms with E-state index in [0.29, 0.717) is 16.9 Å². The molecule has 0 aliphatic rings. The van der Waals surface area contributed by atoms with Crippen LogP contribution in [-0.4, -0.2) is 11.2 Å². The Hall–Kier alpha value is -2.86. The van der Waals surface area contributed by atoms with Gasteiger partial charge in [0.2, 0.25) is 0 Å². The second-order valence-corrected chi connectivity index (χ2v) is 5.73. The molecule has 0 aliphatic carbocycles. The first-order valence-electron chi connectivity index (χ1n) is 6.75. The summed E-state index contributed by atoms with van der Waals surface area (Å²) in [6.45, 7) is 0. The van der Waals surface area contributed by atoms with Gasteiger partial charge >= 0.3 is 0 Å². The molecular weight excluding hydrogens is 314 g/mol. The molecule has 114 valence electrons. The van der Waals surface area contributed by atoms with Crippen molar-refractivity contribution in [3.8, 4) is 11.3 Å². The zero-order valence-corrected chi connectivity index (χ0v) is 12.7. The van der Waals surface area contributed by atoms with Crippen LogP contribution >= 0.6 is 11.8 Å². The molecule has 0 aliphatic heterocycles. The van der Waals surface area contributed by atoms with Gasteiger partial charge in [-0.2, -0.15) is 0 Å². The van der Waals surface area contributed by atoms with Crippen molar-refractivity contribution < 1.29 is 14.1 Å². The van der Waals surface area contributed by atoms with Crippen LogP contribution in [0.1, 0.15) is 10.6 Å². The first kappa shape index (κ1) is 15.1. The number of furan rings is 1. The summed E-state index contributed by atoms with van der Waals surface area (Å²) in [6, 6.07) is 17.3. The molecule has 1 heterocycles. The van der Waals surface area contributed by atoms with Gasteiger partial charge in [0.05, 0.1) is 9.82 Å². The summed E-state index contributed by atoms with van der Waals surface area (Å²) >= 11 is 1.29. The Morgan fingerprint density at radius 3 is 2.35 bits per heavy atom. The van der Waals surface area contributed by atoms with Crippen LogP contribution in [0.3, 0.4) is 0 Å². The van der Waals surface area contributed by atoms with Crippen LogP contribution in [0.5, 0.6) is 0 Å². The number of hydrogen-bond donors (Lipinski definition) is 0. The summed E-state index contributed by atoms with van der Waals surface area (Å²) in [7, 11) is 0. The number of aldehydes is 1. The Labute approximate surface area is 136 Å². The minimum absolute atomic E-state index is 0.0559. The van der Waals surface area contributed by atoms with Gasteiger partial charge in [-0.15, -0.1) is 0 Å². The zero-order chi connectivity index (χ0) is 16.2. The molecule has 1 aromatic heterocycles. The van der Waals surface area contributed by atoms with Crippen LogP contribution in [0.2, 0.25) is 0 Å². The maximum Gasteiger partial charge on any atom is 0.283 e. The van der Waals surface area contributed by atoms with Crippen LogP contribution in [0.25, 0.3) is 11.3 Å². The van der Waals surface area contributed by atoms with E-state index in [0.717, 1.165) is 10.5 Å². The van der Waals surface area contributed by atoms with Crippen molar-refractivity contribution in [2.75, 3.05) is 0 Å².